The van der Waals surface area contributed by atoms with Crippen LogP contribution < -0.4 is 4.74 Å². The van der Waals surface area contributed by atoms with Gasteiger partial charge in [-0.05, 0) is 36.8 Å². The number of hydrogen-bond acceptors (Lipinski definition) is 2. The number of ether oxygens (including phenoxy) is 1. The van der Waals surface area contributed by atoms with Crippen molar-refractivity contribution in [2.24, 2.45) is 0 Å². The Bertz CT molecular complexity index is 435. The van der Waals surface area contributed by atoms with Crippen LogP contribution in [0.2, 0.25) is 0 Å². The molecule has 0 fully saturated rings. The van der Waals surface area contributed by atoms with Crippen LogP contribution in [-0.4, -0.2) is 0 Å². The maximum absolute atomic E-state index is 13.2. The van der Waals surface area contributed by atoms with Crippen LogP contribution in [0.25, 0.3) is 0 Å². The van der Waals surface area contributed by atoms with Crippen molar-refractivity contribution >= 4 is 0 Å². The van der Waals surface area contributed by atoms with Crippen molar-refractivity contribution in [1.29, 1.82) is 0 Å². The molecule has 78 valence electrons. The summed E-state index contributed by atoms with van der Waals surface area (Å²) in [7, 11) is 0. The molecule has 0 aliphatic heterocycles. The zero-order valence-electron chi connectivity index (χ0n) is 8.37. The van der Waals surface area contributed by atoms with E-state index >= 15 is 0 Å². The lowest BCUT2D eigenvalue weighted by molar-refractivity contribution is 0.258. The Balaban J connectivity index is 2.07. The summed E-state index contributed by atoms with van der Waals surface area (Å²) < 4.78 is 23.6. The normalized spacial score (nSPS) is 10.3. The molecule has 0 N–H and O–H groups in total. The number of furan rings is 1. The van der Waals surface area contributed by atoms with E-state index in [4.69, 9.17) is 9.15 Å². The van der Waals surface area contributed by atoms with Crippen molar-refractivity contribution in [2.45, 2.75) is 13.5 Å². The molecule has 0 aliphatic carbocycles. The second kappa shape index (κ2) is 4.17. The zero-order valence-corrected chi connectivity index (χ0v) is 8.37. The highest BCUT2D eigenvalue weighted by atomic mass is 19.1. The molecule has 0 radical (unpaired) electrons. The SMILES string of the molecule is Cc1ccc(F)c(OCc2ccco2)c1. The van der Waals surface area contributed by atoms with Gasteiger partial charge in [0.1, 0.15) is 12.4 Å². The lowest BCUT2D eigenvalue weighted by atomic mass is 10.2. The Kier molecular flexibility index (Phi) is 2.72. The average Bonchev–Trinajstić information content (AvgIpc) is 2.72. The number of rotatable bonds is 3. The van der Waals surface area contributed by atoms with Crippen LogP contribution in [-0.2, 0) is 6.61 Å². The van der Waals surface area contributed by atoms with E-state index in [-0.39, 0.29) is 18.2 Å². The second-order valence-electron chi connectivity index (χ2n) is 3.30. The van der Waals surface area contributed by atoms with Gasteiger partial charge in [0, 0.05) is 0 Å². The van der Waals surface area contributed by atoms with Gasteiger partial charge in [-0.15, -0.1) is 0 Å². The topological polar surface area (TPSA) is 22.4 Å². The van der Waals surface area contributed by atoms with Crippen LogP contribution in [0.4, 0.5) is 4.39 Å². The molecule has 0 atom stereocenters. The molecule has 0 spiro atoms. The molecule has 2 rings (SSSR count). The minimum Gasteiger partial charge on any atom is -0.483 e. The quantitative estimate of drug-likeness (QED) is 0.768. The average molecular weight is 206 g/mol. The Labute approximate surface area is 87.3 Å². The summed E-state index contributed by atoms with van der Waals surface area (Å²) in [5.74, 6) is 0.578. The zero-order chi connectivity index (χ0) is 10.7. The first kappa shape index (κ1) is 9.77. The first-order valence-corrected chi connectivity index (χ1v) is 4.67. The van der Waals surface area contributed by atoms with Crippen molar-refractivity contribution < 1.29 is 13.5 Å². The molecule has 0 saturated carbocycles. The summed E-state index contributed by atoms with van der Waals surface area (Å²) >= 11 is 0. The Morgan fingerprint density at radius 2 is 2.20 bits per heavy atom. The van der Waals surface area contributed by atoms with Gasteiger partial charge >= 0.3 is 0 Å². The van der Waals surface area contributed by atoms with Crippen molar-refractivity contribution in [2.75, 3.05) is 0 Å². The molecule has 1 heterocycles. The Morgan fingerprint density at radius 1 is 1.33 bits per heavy atom. The number of hydrogen-bond donors (Lipinski definition) is 0. The van der Waals surface area contributed by atoms with Crippen LogP contribution in [0.3, 0.4) is 0 Å². The molecular formula is C12H11FO2. The van der Waals surface area contributed by atoms with Crippen LogP contribution >= 0.6 is 0 Å². The highest BCUT2D eigenvalue weighted by Gasteiger charge is 2.04. The summed E-state index contributed by atoms with van der Waals surface area (Å²) in [5, 5.41) is 0. The summed E-state index contributed by atoms with van der Waals surface area (Å²) in [6, 6.07) is 8.32. The standard InChI is InChI=1S/C12H11FO2/c1-9-4-5-11(13)12(7-9)15-8-10-3-2-6-14-10/h2-7H,8H2,1H3. The lowest BCUT2D eigenvalue weighted by Gasteiger charge is -2.05. The minimum atomic E-state index is -0.354. The molecule has 0 unspecified atom stereocenters. The highest BCUT2D eigenvalue weighted by Crippen LogP contribution is 2.19. The van der Waals surface area contributed by atoms with Crippen molar-refractivity contribution in [3.8, 4) is 5.75 Å². The summed E-state index contributed by atoms with van der Waals surface area (Å²) in [6.07, 6.45) is 1.56. The van der Waals surface area contributed by atoms with Crippen LogP contribution in [0.15, 0.2) is 41.0 Å². The fourth-order valence-corrected chi connectivity index (χ4v) is 1.26. The molecule has 0 bridgehead atoms. The van der Waals surface area contributed by atoms with E-state index in [1.165, 1.54) is 6.07 Å². The predicted molar refractivity (Wildman–Crippen MR) is 54.2 cm³/mol. The second-order valence-corrected chi connectivity index (χ2v) is 3.30. The fourth-order valence-electron chi connectivity index (χ4n) is 1.26. The van der Waals surface area contributed by atoms with Gasteiger partial charge in [0.25, 0.3) is 0 Å². The maximum atomic E-state index is 13.2. The Morgan fingerprint density at radius 3 is 2.93 bits per heavy atom. The predicted octanol–water partition coefficient (Wildman–Crippen LogP) is 3.31. The smallest absolute Gasteiger partial charge is 0.165 e. The summed E-state index contributed by atoms with van der Waals surface area (Å²) in [6.45, 7) is 2.13. The molecule has 0 aliphatic rings. The molecule has 3 heteroatoms. The van der Waals surface area contributed by atoms with Crippen molar-refractivity contribution in [1.82, 2.24) is 0 Å². The van der Waals surface area contributed by atoms with Gasteiger partial charge in [-0.2, -0.15) is 0 Å². The van der Waals surface area contributed by atoms with E-state index in [9.17, 15) is 4.39 Å². The van der Waals surface area contributed by atoms with Gasteiger partial charge in [-0.25, -0.2) is 4.39 Å². The maximum Gasteiger partial charge on any atom is 0.165 e. The fraction of sp³-hybridized carbons (Fsp3) is 0.167. The van der Waals surface area contributed by atoms with E-state index in [2.05, 4.69) is 0 Å². The molecule has 15 heavy (non-hydrogen) atoms. The van der Waals surface area contributed by atoms with Gasteiger partial charge in [0.2, 0.25) is 0 Å². The van der Waals surface area contributed by atoms with Crippen molar-refractivity contribution in [3.05, 3.63) is 53.7 Å². The third kappa shape index (κ3) is 2.37. The highest BCUT2D eigenvalue weighted by molar-refractivity contribution is 5.29. The molecular weight excluding hydrogens is 195 g/mol. The minimum absolute atomic E-state index is 0.243. The van der Waals surface area contributed by atoms with Gasteiger partial charge < -0.3 is 9.15 Å². The van der Waals surface area contributed by atoms with Gasteiger partial charge in [-0.1, -0.05) is 6.07 Å². The van der Waals surface area contributed by atoms with Gasteiger partial charge in [0.05, 0.1) is 6.26 Å². The van der Waals surface area contributed by atoms with Gasteiger partial charge in [0.15, 0.2) is 11.6 Å². The number of aryl methyl sites for hydroxylation is 1. The molecule has 1 aromatic carbocycles. The van der Waals surface area contributed by atoms with E-state index < -0.39 is 0 Å². The summed E-state index contributed by atoms with van der Waals surface area (Å²) in [4.78, 5) is 0. The molecule has 2 nitrogen and oxygen atoms in total. The third-order valence-corrected chi connectivity index (χ3v) is 2.04. The third-order valence-electron chi connectivity index (χ3n) is 2.04. The number of benzene rings is 1. The molecule has 0 amide bonds. The van der Waals surface area contributed by atoms with E-state index in [0.29, 0.717) is 5.76 Å². The van der Waals surface area contributed by atoms with Crippen LogP contribution in [0, 0.1) is 12.7 Å². The first-order valence-electron chi connectivity index (χ1n) is 4.67. The molecule has 2 aromatic rings. The van der Waals surface area contributed by atoms with Crippen LogP contribution in [0.5, 0.6) is 5.75 Å². The van der Waals surface area contributed by atoms with E-state index in [1.54, 1.807) is 30.5 Å². The largest absolute Gasteiger partial charge is 0.483 e. The monoisotopic (exact) mass is 206 g/mol. The van der Waals surface area contributed by atoms with E-state index in [1.807, 2.05) is 6.92 Å². The lowest BCUT2D eigenvalue weighted by Crippen LogP contribution is -1.96. The first-order chi connectivity index (χ1) is 7.25. The van der Waals surface area contributed by atoms with E-state index in [0.717, 1.165) is 5.56 Å². The Hall–Kier alpha value is -1.77. The van der Waals surface area contributed by atoms with Crippen LogP contribution in [0.1, 0.15) is 11.3 Å². The van der Waals surface area contributed by atoms with Gasteiger partial charge in [-0.3, -0.25) is 0 Å². The summed E-state index contributed by atoms with van der Waals surface area (Å²) in [5.41, 5.74) is 0.964. The molecule has 0 saturated heterocycles. The van der Waals surface area contributed by atoms with Crippen molar-refractivity contribution in [3.63, 3.8) is 0 Å². The molecule has 1 aromatic heterocycles. The number of halogens is 1.